The molecule has 2 aromatic heterocycles. The van der Waals surface area contributed by atoms with Gasteiger partial charge in [-0.15, -0.1) is 0 Å². The van der Waals surface area contributed by atoms with Gasteiger partial charge in [0.2, 0.25) is 0 Å². The third-order valence-corrected chi connectivity index (χ3v) is 3.25. The molecule has 1 aromatic carbocycles. The largest absolute Gasteiger partial charge is 0.486 e. The first-order chi connectivity index (χ1) is 9.76. The van der Waals surface area contributed by atoms with Gasteiger partial charge in [0.05, 0.1) is 5.52 Å². The van der Waals surface area contributed by atoms with Gasteiger partial charge in [0.15, 0.2) is 0 Å². The molecular formula is C16H16N2O2. The van der Waals surface area contributed by atoms with Crippen molar-refractivity contribution >= 4 is 10.9 Å². The van der Waals surface area contributed by atoms with Crippen molar-refractivity contribution in [3.8, 4) is 5.75 Å². The number of nitrogens with two attached hydrogens (primary N) is 1. The number of aryl methyl sites for hydroxylation is 1. The van der Waals surface area contributed by atoms with E-state index < -0.39 is 0 Å². The van der Waals surface area contributed by atoms with Gasteiger partial charge in [-0.2, -0.15) is 0 Å². The van der Waals surface area contributed by atoms with Crippen LogP contribution in [0.4, 0.5) is 0 Å². The van der Waals surface area contributed by atoms with Crippen LogP contribution in [-0.2, 0) is 13.2 Å². The molecule has 0 spiro atoms. The van der Waals surface area contributed by atoms with Crippen LogP contribution in [0.1, 0.15) is 17.1 Å². The fraction of sp³-hybridized carbons (Fsp3) is 0.188. The average Bonchev–Trinajstić information content (AvgIpc) is 2.85. The van der Waals surface area contributed by atoms with Gasteiger partial charge in [0.25, 0.3) is 0 Å². The molecule has 0 radical (unpaired) electrons. The zero-order chi connectivity index (χ0) is 13.9. The standard InChI is InChI=1S/C16H16N2O2/c1-11-13(9-17)7-15(20-11)10-19-14-5-4-12-3-2-6-18-16(12)8-14/h2-8H,9-10,17H2,1H3. The molecule has 0 atom stereocenters. The first kappa shape index (κ1) is 12.7. The Bertz CT molecular complexity index is 734. The third kappa shape index (κ3) is 2.51. The first-order valence-corrected chi connectivity index (χ1v) is 6.52. The van der Waals surface area contributed by atoms with E-state index in [-0.39, 0.29) is 0 Å². The highest BCUT2D eigenvalue weighted by Crippen LogP contribution is 2.21. The number of nitrogens with zero attached hydrogens (tertiary/aromatic N) is 1. The molecule has 0 saturated carbocycles. The molecule has 4 heteroatoms. The first-order valence-electron chi connectivity index (χ1n) is 6.52. The summed E-state index contributed by atoms with van der Waals surface area (Å²) in [6.45, 7) is 2.78. The fourth-order valence-electron chi connectivity index (χ4n) is 2.15. The molecule has 0 unspecified atom stereocenters. The zero-order valence-electron chi connectivity index (χ0n) is 11.3. The van der Waals surface area contributed by atoms with Crippen LogP contribution in [0, 0.1) is 6.92 Å². The molecule has 2 heterocycles. The molecule has 2 N–H and O–H groups in total. The van der Waals surface area contributed by atoms with E-state index in [1.54, 1.807) is 6.20 Å². The predicted molar refractivity (Wildman–Crippen MR) is 77.4 cm³/mol. The average molecular weight is 268 g/mol. The summed E-state index contributed by atoms with van der Waals surface area (Å²) in [5, 5.41) is 1.10. The topological polar surface area (TPSA) is 61.3 Å². The van der Waals surface area contributed by atoms with Crippen molar-refractivity contribution < 1.29 is 9.15 Å². The van der Waals surface area contributed by atoms with Crippen molar-refractivity contribution in [2.24, 2.45) is 5.73 Å². The number of ether oxygens (including phenoxy) is 1. The van der Waals surface area contributed by atoms with Crippen LogP contribution in [0.3, 0.4) is 0 Å². The predicted octanol–water partition coefficient (Wildman–Crippen LogP) is 3.17. The van der Waals surface area contributed by atoms with Gasteiger partial charge in [-0.05, 0) is 31.2 Å². The van der Waals surface area contributed by atoms with Crippen molar-refractivity contribution in [1.82, 2.24) is 4.98 Å². The number of rotatable bonds is 4. The van der Waals surface area contributed by atoms with Gasteiger partial charge >= 0.3 is 0 Å². The number of aromatic nitrogens is 1. The minimum absolute atomic E-state index is 0.388. The van der Waals surface area contributed by atoms with Crippen molar-refractivity contribution in [3.63, 3.8) is 0 Å². The summed E-state index contributed by atoms with van der Waals surface area (Å²) >= 11 is 0. The van der Waals surface area contributed by atoms with Gasteiger partial charge in [-0.25, -0.2) is 0 Å². The van der Waals surface area contributed by atoms with Gasteiger partial charge in [-0.1, -0.05) is 6.07 Å². The summed E-state index contributed by atoms with van der Waals surface area (Å²) in [6, 6.07) is 11.7. The van der Waals surface area contributed by atoms with Gasteiger partial charge in [0.1, 0.15) is 23.9 Å². The van der Waals surface area contributed by atoms with Crippen LogP contribution < -0.4 is 10.5 Å². The molecule has 0 aliphatic rings. The second-order valence-corrected chi connectivity index (χ2v) is 4.64. The Morgan fingerprint density at radius 1 is 1.25 bits per heavy atom. The smallest absolute Gasteiger partial charge is 0.146 e. The lowest BCUT2D eigenvalue weighted by atomic mass is 10.2. The molecule has 3 aromatic rings. The van der Waals surface area contributed by atoms with E-state index in [4.69, 9.17) is 14.9 Å². The highest BCUT2D eigenvalue weighted by Gasteiger charge is 2.07. The Morgan fingerprint density at radius 3 is 2.95 bits per heavy atom. The number of hydrogen-bond donors (Lipinski definition) is 1. The van der Waals surface area contributed by atoms with Crippen LogP contribution in [0.5, 0.6) is 5.75 Å². The molecule has 20 heavy (non-hydrogen) atoms. The van der Waals surface area contributed by atoms with Crippen LogP contribution in [0.15, 0.2) is 47.0 Å². The van der Waals surface area contributed by atoms with E-state index in [1.807, 2.05) is 43.3 Å². The summed E-state index contributed by atoms with van der Waals surface area (Å²) < 4.78 is 11.3. The summed E-state index contributed by atoms with van der Waals surface area (Å²) in [5.74, 6) is 2.41. The monoisotopic (exact) mass is 268 g/mol. The lowest BCUT2D eigenvalue weighted by Crippen LogP contribution is -1.96. The Hall–Kier alpha value is -2.33. The minimum atomic E-state index is 0.388. The summed E-state index contributed by atoms with van der Waals surface area (Å²) in [5.41, 5.74) is 7.56. The zero-order valence-corrected chi connectivity index (χ0v) is 11.3. The van der Waals surface area contributed by atoms with Crippen LogP contribution in [-0.4, -0.2) is 4.98 Å². The van der Waals surface area contributed by atoms with E-state index in [0.29, 0.717) is 13.2 Å². The number of fused-ring (bicyclic) bond motifs is 1. The molecule has 0 bridgehead atoms. The van der Waals surface area contributed by atoms with Gasteiger partial charge < -0.3 is 14.9 Å². The maximum absolute atomic E-state index is 5.74. The lowest BCUT2D eigenvalue weighted by molar-refractivity contribution is 0.268. The molecule has 0 aliphatic heterocycles. The molecule has 3 rings (SSSR count). The number of hydrogen-bond acceptors (Lipinski definition) is 4. The summed E-state index contributed by atoms with van der Waals surface area (Å²) in [7, 11) is 0. The molecule has 0 fully saturated rings. The Kier molecular flexibility index (Phi) is 3.39. The van der Waals surface area contributed by atoms with E-state index in [1.165, 1.54) is 0 Å². The SMILES string of the molecule is Cc1oc(COc2ccc3cccnc3c2)cc1CN. The molecular weight excluding hydrogens is 252 g/mol. The van der Waals surface area contributed by atoms with Crippen molar-refractivity contribution in [3.05, 3.63) is 59.7 Å². The minimum Gasteiger partial charge on any atom is -0.486 e. The van der Waals surface area contributed by atoms with Gasteiger partial charge in [-0.3, -0.25) is 4.98 Å². The molecule has 4 nitrogen and oxygen atoms in total. The maximum atomic E-state index is 5.74. The van der Waals surface area contributed by atoms with E-state index >= 15 is 0 Å². The number of benzene rings is 1. The van der Waals surface area contributed by atoms with Crippen molar-refractivity contribution in [2.45, 2.75) is 20.1 Å². The second-order valence-electron chi connectivity index (χ2n) is 4.64. The molecule has 0 aliphatic carbocycles. The van der Waals surface area contributed by atoms with Crippen LogP contribution in [0.25, 0.3) is 10.9 Å². The fourth-order valence-corrected chi connectivity index (χ4v) is 2.15. The van der Waals surface area contributed by atoms with E-state index in [0.717, 1.165) is 33.7 Å². The highest BCUT2D eigenvalue weighted by molar-refractivity contribution is 5.79. The molecule has 0 amide bonds. The van der Waals surface area contributed by atoms with Crippen molar-refractivity contribution in [1.29, 1.82) is 0 Å². The van der Waals surface area contributed by atoms with Gasteiger partial charge in [0, 0.05) is 29.8 Å². The van der Waals surface area contributed by atoms with E-state index in [9.17, 15) is 0 Å². The quantitative estimate of drug-likeness (QED) is 0.789. The van der Waals surface area contributed by atoms with Crippen LogP contribution >= 0.6 is 0 Å². The number of furan rings is 1. The summed E-state index contributed by atoms with van der Waals surface area (Å²) in [4.78, 5) is 4.31. The lowest BCUT2D eigenvalue weighted by Gasteiger charge is -2.05. The van der Waals surface area contributed by atoms with E-state index in [2.05, 4.69) is 4.98 Å². The number of pyridine rings is 1. The normalized spacial score (nSPS) is 10.9. The Morgan fingerprint density at radius 2 is 2.15 bits per heavy atom. The summed E-state index contributed by atoms with van der Waals surface area (Å²) in [6.07, 6.45) is 1.77. The molecule has 102 valence electrons. The molecule has 0 saturated heterocycles. The highest BCUT2D eigenvalue weighted by atomic mass is 16.5. The van der Waals surface area contributed by atoms with Crippen molar-refractivity contribution in [2.75, 3.05) is 0 Å². The Balaban J connectivity index is 1.75. The maximum Gasteiger partial charge on any atom is 0.146 e. The Labute approximate surface area is 117 Å². The third-order valence-electron chi connectivity index (χ3n) is 3.25. The second kappa shape index (κ2) is 5.35. The van der Waals surface area contributed by atoms with Crippen LogP contribution in [0.2, 0.25) is 0 Å².